The van der Waals surface area contributed by atoms with Crippen LogP contribution in [-0.2, 0) is 4.74 Å². The summed E-state index contributed by atoms with van der Waals surface area (Å²) in [4.78, 5) is 18.3. The number of carbonyl (C=O) groups is 1. The van der Waals surface area contributed by atoms with Gasteiger partial charge in [-0.2, -0.15) is 0 Å². The molecule has 0 spiro atoms. The minimum atomic E-state index is -0.0901. The second-order valence-corrected chi connectivity index (χ2v) is 8.85. The van der Waals surface area contributed by atoms with Gasteiger partial charge in [0.25, 0.3) is 5.91 Å². The molecule has 1 aromatic heterocycles. The maximum absolute atomic E-state index is 12.8. The van der Waals surface area contributed by atoms with Gasteiger partial charge in [-0.1, -0.05) is 24.3 Å². The van der Waals surface area contributed by atoms with Crippen molar-refractivity contribution in [1.82, 2.24) is 4.98 Å². The highest BCUT2D eigenvalue weighted by molar-refractivity contribution is 7.99. The SMILES string of the molecule is Cc1nc(-c2ccc(NC(=O)c3ccccc3SC[C@@H]3CCCO3)cc2)cs1. The Balaban J connectivity index is 1.43. The third-order valence-electron chi connectivity index (χ3n) is 4.64. The fourth-order valence-electron chi connectivity index (χ4n) is 3.16. The van der Waals surface area contributed by atoms with Gasteiger partial charge in [-0.25, -0.2) is 4.98 Å². The first-order valence-electron chi connectivity index (χ1n) is 9.36. The Morgan fingerprint density at radius 3 is 2.79 bits per heavy atom. The van der Waals surface area contributed by atoms with Gasteiger partial charge in [0.05, 0.1) is 22.4 Å². The summed E-state index contributed by atoms with van der Waals surface area (Å²) in [6.45, 7) is 2.85. The molecule has 4 nitrogen and oxygen atoms in total. The second kappa shape index (κ2) is 8.90. The number of hydrogen-bond acceptors (Lipinski definition) is 5. The summed E-state index contributed by atoms with van der Waals surface area (Å²) in [5.74, 6) is 0.791. The van der Waals surface area contributed by atoms with Crippen LogP contribution in [0.25, 0.3) is 11.3 Å². The first kappa shape index (κ1) is 19.2. The molecule has 28 heavy (non-hydrogen) atoms. The average Bonchev–Trinajstić information content (AvgIpc) is 3.39. The van der Waals surface area contributed by atoms with Gasteiger partial charge in [-0.05, 0) is 44.0 Å². The first-order valence-corrected chi connectivity index (χ1v) is 11.2. The Bertz CT molecular complexity index is 947. The molecule has 1 saturated heterocycles. The van der Waals surface area contributed by atoms with E-state index in [1.165, 1.54) is 0 Å². The van der Waals surface area contributed by atoms with Crippen molar-refractivity contribution in [3.63, 3.8) is 0 Å². The van der Waals surface area contributed by atoms with E-state index in [-0.39, 0.29) is 5.91 Å². The molecule has 0 unspecified atom stereocenters. The number of amides is 1. The van der Waals surface area contributed by atoms with Crippen molar-refractivity contribution in [2.75, 3.05) is 17.7 Å². The van der Waals surface area contributed by atoms with E-state index >= 15 is 0 Å². The standard InChI is InChI=1S/C22H22N2O2S2/c1-15-23-20(14-27-15)16-8-10-17(11-9-16)24-22(25)19-6-2-3-7-21(19)28-13-18-5-4-12-26-18/h2-3,6-11,14,18H,4-5,12-13H2,1H3,(H,24,25)/t18-/m0/s1. The molecule has 0 bridgehead atoms. The lowest BCUT2D eigenvalue weighted by molar-refractivity contribution is 0.102. The van der Waals surface area contributed by atoms with Crippen LogP contribution in [0.15, 0.2) is 58.8 Å². The normalized spacial score (nSPS) is 16.2. The van der Waals surface area contributed by atoms with Crippen molar-refractivity contribution in [3.05, 3.63) is 64.5 Å². The zero-order valence-electron chi connectivity index (χ0n) is 15.7. The quantitative estimate of drug-likeness (QED) is 0.534. The Morgan fingerprint density at radius 1 is 1.25 bits per heavy atom. The maximum Gasteiger partial charge on any atom is 0.256 e. The predicted molar refractivity (Wildman–Crippen MR) is 116 cm³/mol. The highest BCUT2D eigenvalue weighted by Crippen LogP contribution is 2.28. The Kier molecular flexibility index (Phi) is 6.10. The molecule has 1 aliphatic rings. The average molecular weight is 411 g/mol. The molecule has 144 valence electrons. The van der Waals surface area contributed by atoms with E-state index in [1.807, 2.05) is 60.8 Å². The number of nitrogens with zero attached hydrogens (tertiary/aromatic N) is 1. The minimum absolute atomic E-state index is 0.0901. The fourth-order valence-corrected chi connectivity index (χ4v) is 4.90. The zero-order chi connectivity index (χ0) is 19.3. The Labute approximate surface area is 173 Å². The number of hydrogen-bond donors (Lipinski definition) is 1. The molecule has 2 heterocycles. The van der Waals surface area contributed by atoms with Gasteiger partial charge in [0.2, 0.25) is 0 Å². The molecular weight excluding hydrogens is 388 g/mol. The van der Waals surface area contributed by atoms with Crippen LogP contribution >= 0.6 is 23.1 Å². The highest BCUT2D eigenvalue weighted by atomic mass is 32.2. The molecule has 0 aliphatic carbocycles. The van der Waals surface area contributed by atoms with Gasteiger partial charge in [0, 0.05) is 33.9 Å². The first-order chi connectivity index (χ1) is 13.7. The van der Waals surface area contributed by atoms with Gasteiger partial charge in [-0.15, -0.1) is 23.1 Å². The number of ether oxygens (including phenoxy) is 1. The zero-order valence-corrected chi connectivity index (χ0v) is 17.3. The summed E-state index contributed by atoms with van der Waals surface area (Å²) in [6, 6.07) is 15.6. The number of thiazole rings is 1. The van der Waals surface area contributed by atoms with Crippen molar-refractivity contribution in [3.8, 4) is 11.3 Å². The van der Waals surface area contributed by atoms with E-state index in [0.717, 1.165) is 52.0 Å². The lowest BCUT2D eigenvalue weighted by Gasteiger charge is -2.12. The summed E-state index contributed by atoms with van der Waals surface area (Å²) in [7, 11) is 0. The predicted octanol–water partition coefficient (Wildman–Crippen LogP) is 5.64. The Morgan fingerprint density at radius 2 is 2.07 bits per heavy atom. The number of nitrogens with one attached hydrogen (secondary N) is 1. The van der Waals surface area contributed by atoms with Crippen LogP contribution in [0.3, 0.4) is 0 Å². The number of rotatable bonds is 6. The number of carbonyl (C=O) groups excluding carboxylic acids is 1. The van der Waals surface area contributed by atoms with E-state index < -0.39 is 0 Å². The third kappa shape index (κ3) is 4.63. The van der Waals surface area contributed by atoms with Crippen LogP contribution in [0.4, 0.5) is 5.69 Å². The molecule has 1 aliphatic heterocycles. The van der Waals surface area contributed by atoms with Crippen LogP contribution in [-0.4, -0.2) is 29.4 Å². The van der Waals surface area contributed by atoms with E-state index in [2.05, 4.69) is 10.3 Å². The summed E-state index contributed by atoms with van der Waals surface area (Å²) in [5.41, 5.74) is 3.50. The number of thioether (sulfide) groups is 1. The topological polar surface area (TPSA) is 51.2 Å². The van der Waals surface area contributed by atoms with Crippen molar-refractivity contribution in [1.29, 1.82) is 0 Å². The van der Waals surface area contributed by atoms with Crippen LogP contribution in [0.5, 0.6) is 0 Å². The van der Waals surface area contributed by atoms with E-state index in [9.17, 15) is 4.79 Å². The van der Waals surface area contributed by atoms with Crippen molar-refractivity contribution < 1.29 is 9.53 Å². The summed E-state index contributed by atoms with van der Waals surface area (Å²) >= 11 is 3.33. The number of aryl methyl sites for hydroxylation is 1. The Hall–Kier alpha value is -2.15. The van der Waals surface area contributed by atoms with Gasteiger partial charge in [-0.3, -0.25) is 4.79 Å². The second-order valence-electron chi connectivity index (χ2n) is 6.73. The van der Waals surface area contributed by atoms with Crippen LogP contribution in [0.1, 0.15) is 28.2 Å². The minimum Gasteiger partial charge on any atom is -0.377 e. The van der Waals surface area contributed by atoms with Gasteiger partial charge in [0.1, 0.15) is 0 Å². The molecule has 3 aromatic rings. The van der Waals surface area contributed by atoms with Gasteiger partial charge < -0.3 is 10.1 Å². The van der Waals surface area contributed by atoms with Crippen molar-refractivity contribution in [2.24, 2.45) is 0 Å². The van der Waals surface area contributed by atoms with Crippen LogP contribution in [0.2, 0.25) is 0 Å². The monoisotopic (exact) mass is 410 g/mol. The molecule has 1 N–H and O–H groups in total. The largest absolute Gasteiger partial charge is 0.377 e. The number of aromatic nitrogens is 1. The van der Waals surface area contributed by atoms with E-state index in [0.29, 0.717) is 11.7 Å². The lowest BCUT2D eigenvalue weighted by atomic mass is 10.1. The molecule has 6 heteroatoms. The molecule has 1 atom stereocenters. The number of benzene rings is 2. The molecule has 0 radical (unpaired) electrons. The third-order valence-corrected chi connectivity index (χ3v) is 6.62. The molecule has 0 saturated carbocycles. The summed E-state index contributed by atoms with van der Waals surface area (Å²) in [5, 5.41) is 6.10. The van der Waals surface area contributed by atoms with E-state index in [4.69, 9.17) is 4.74 Å². The van der Waals surface area contributed by atoms with E-state index in [1.54, 1.807) is 23.1 Å². The van der Waals surface area contributed by atoms with Crippen molar-refractivity contribution in [2.45, 2.75) is 30.8 Å². The lowest BCUT2D eigenvalue weighted by Crippen LogP contribution is -2.14. The molecular formula is C22H22N2O2S2. The highest BCUT2D eigenvalue weighted by Gasteiger charge is 2.18. The van der Waals surface area contributed by atoms with Crippen molar-refractivity contribution >= 4 is 34.7 Å². The van der Waals surface area contributed by atoms with Gasteiger partial charge in [0.15, 0.2) is 0 Å². The smallest absolute Gasteiger partial charge is 0.256 e. The molecule has 2 aromatic carbocycles. The summed E-state index contributed by atoms with van der Waals surface area (Å²) in [6.07, 6.45) is 2.53. The fraction of sp³-hybridized carbons (Fsp3) is 0.273. The maximum atomic E-state index is 12.8. The molecule has 1 fully saturated rings. The molecule has 1 amide bonds. The number of anilines is 1. The van der Waals surface area contributed by atoms with Crippen LogP contribution in [0, 0.1) is 6.92 Å². The van der Waals surface area contributed by atoms with Gasteiger partial charge >= 0.3 is 0 Å². The molecule has 4 rings (SSSR count). The summed E-state index contributed by atoms with van der Waals surface area (Å²) < 4.78 is 5.69. The van der Waals surface area contributed by atoms with Crippen LogP contribution < -0.4 is 5.32 Å².